The first-order valence-electron chi connectivity index (χ1n) is 11.5. The smallest absolute Gasteiger partial charge is 0.338 e. The Balaban J connectivity index is 1.36. The van der Waals surface area contributed by atoms with E-state index in [1.165, 1.54) is 0 Å². The number of aliphatic hydroxyl groups excluding tert-OH is 1. The summed E-state index contributed by atoms with van der Waals surface area (Å²) in [5, 5.41) is 10.4. The molecule has 2 aromatic carbocycles. The molecule has 8 heteroatoms. The second-order valence-corrected chi connectivity index (χ2v) is 7.95. The first-order chi connectivity index (χ1) is 16.6. The number of anilines is 1. The van der Waals surface area contributed by atoms with E-state index in [0.29, 0.717) is 37.7 Å². The predicted molar refractivity (Wildman–Crippen MR) is 131 cm³/mol. The molecule has 1 aliphatic heterocycles. The van der Waals surface area contributed by atoms with Crippen LogP contribution in [-0.4, -0.2) is 88.3 Å². The topological polar surface area (TPSA) is 80.7 Å². The van der Waals surface area contributed by atoms with Crippen molar-refractivity contribution in [1.29, 1.82) is 0 Å². The number of methoxy groups -OCH3 is 1. The molecule has 0 amide bonds. The van der Waals surface area contributed by atoms with Crippen molar-refractivity contribution < 1.29 is 28.8 Å². The van der Waals surface area contributed by atoms with Gasteiger partial charge < -0.3 is 29.0 Å². The molecule has 1 N–H and O–H groups in total. The zero-order chi connectivity index (χ0) is 24.2. The van der Waals surface area contributed by atoms with Gasteiger partial charge in [0.15, 0.2) is 0 Å². The average Bonchev–Trinajstić information content (AvgIpc) is 2.88. The van der Waals surface area contributed by atoms with Gasteiger partial charge in [0.1, 0.15) is 30.8 Å². The molecule has 34 heavy (non-hydrogen) atoms. The lowest BCUT2D eigenvalue weighted by Crippen LogP contribution is -2.49. The molecule has 1 atom stereocenters. The second-order valence-electron chi connectivity index (χ2n) is 7.95. The molecular formula is C26H34N2O6. The number of benzene rings is 2. The molecule has 8 nitrogen and oxygen atoms in total. The normalized spacial score (nSPS) is 14.9. The predicted octanol–water partition coefficient (Wildman–Crippen LogP) is 2.62. The van der Waals surface area contributed by atoms with Crippen LogP contribution >= 0.6 is 0 Å². The summed E-state index contributed by atoms with van der Waals surface area (Å²) in [6, 6.07) is 14.7. The number of nitrogens with zero attached hydrogens (tertiary/aromatic N) is 2. The van der Waals surface area contributed by atoms with Gasteiger partial charge in [-0.2, -0.15) is 0 Å². The number of hydrogen-bond acceptors (Lipinski definition) is 8. The molecule has 0 bridgehead atoms. The van der Waals surface area contributed by atoms with Crippen molar-refractivity contribution in [3.05, 3.63) is 66.7 Å². The van der Waals surface area contributed by atoms with Crippen molar-refractivity contribution >= 4 is 11.7 Å². The molecule has 1 unspecified atom stereocenters. The fourth-order valence-corrected chi connectivity index (χ4v) is 3.74. The van der Waals surface area contributed by atoms with E-state index in [-0.39, 0.29) is 6.61 Å². The zero-order valence-electron chi connectivity index (χ0n) is 19.7. The third-order valence-electron chi connectivity index (χ3n) is 5.50. The summed E-state index contributed by atoms with van der Waals surface area (Å²) in [6.07, 6.45) is 0.931. The summed E-state index contributed by atoms with van der Waals surface area (Å²) in [7, 11) is 1.68. The minimum atomic E-state index is -0.750. The van der Waals surface area contributed by atoms with Crippen LogP contribution in [0, 0.1) is 0 Å². The Morgan fingerprint density at radius 1 is 1.09 bits per heavy atom. The lowest BCUT2D eigenvalue weighted by Gasteiger charge is -2.37. The van der Waals surface area contributed by atoms with Crippen LogP contribution in [0.4, 0.5) is 5.69 Å². The summed E-state index contributed by atoms with van der Waals surface area (Å²) in [4.78, 5) is 16.8. The Morgan fingerprint density at radius 3 is 2.53 bits per heavy atom. The summed E-state index contributed by atoms with van der Waals surface area (Å²) >= 11 is 0. The number of ether oxygens (including phenoxy) is 4. The van der Waals surface area contributed by atoms with Crippen molar-refractivity contribution in [2.75, 3.05) is 71.2 Å². The van der Waals surface area contributed by atoms with Crippen LogP contribution in [0.25, 0.3) is 0 Å². The Kier molecular flexibility index (Phi) is 10.2. The quantitative estimate of drug-likeness (QED) is 0.272. The molecule has 1 aliphatic rings. The van der Waals surface area contributed by atoms with Gasteiger partial charge in [-0.1, -0.05) is 18.2 Å². The number of piperazine rings is 1. The molecule has 2 aromatic rings. The van der Waals surface area contributed by atoms with E-state index < -0.39 is 12.1 Å². The maximum Gasteiger partial charge on any atom is 0.338 e. The van der Waals surface area contributed by atoms with Crippen LogP contribution in [0.5, 0.6) is 11.5 Å². The fraction of sp³-hybridized carbons (Fsp3) is 0.423. The first kappa shape index (κ1) is 25.6. The van der Waals surface area contributed by atoms with E-state index in [1.807, 2.05) is 18.2 Å². The van der Waals surface area contributed by atoms with Crippen molar-refractivity contribution in [3.63, 3.8) is 0 Å². The monoisotopic (exact) mass is 470 g/mol. The molecule has 1 saturated heterocycles. The molecule has 0 radical (unpaired) electrons. The lowest BCUT2D eigenvalue weighted by atomic mass is 10.2. The molecule has 3 rings (SSSR count). The van der Waals surface area contributed by atoms with Gasteiger partial charge in [0.05, 0.1) is 31.6 Å². The number of hydrogen-bond donors (Lipinski definition) is 1. The fourth-order valence-electron chi connectivity index (χ4n) is 3.74. The van der Waals surface area contributed by atoms with E-state index in [2.05, 4.69) is 22.4 Å². The van der Waals surface area contributed by atoms with Gasteiger partial charge >= 0.3 is 5.97 Å². The SMILES string of the molecule is C=CCOCCOc1ccc(C(=O)OCC(O)CN2CCN(c3ccccc3OC)CC2)cc1. The van der Waals surface area contributed by atoms with Crippen LogP contribution in [0.15, 0.2) is 61.2 Å². The van der Waals surface area contributed by atoms with E-state index in [1.54, 1.807) is 37.5 Å². The third-order valence-corrected chi connectivity index (χ3v) is 5.50. The van der Waals surface area contributed by atoms with Crippen molar-refractivity contribution in [1.82, 2.24) is 4.90 Å². The highest BCUT2D eigenvalue weighted by Crippen LogP contribution is 2.28. The number of para-hydroxylation sites is 2. The summed E-state index contributed by atoms with van der Waals surface area (Å²) in [5.74, 6) is 1.03. The van der Waals surface area contributed by atoms with Crippen LogP contribution in [-0.2, 0) is 9.47 Å². The largest absolute Gasteiger partial charge is 0.495 e. The summed E-state index contributed by atoms with van der Waals surface area (Å²) in [5.41, 5.74) is 1.49. The molecule has 1 heterocycles. The number of aliphatic hydroxyl groups is 1. The molecular weight excluding hydrogens is 436 g/mol. The Labute approximate surface area is 201 Å². The molecule has 0 aliphatic carbocycles. The third kappa shape index (κ3) is 7.76. The number of carbonyl (C=O) groups excluding carboxylic acids is 1. The van der Waals surface area contributed by atoms with E-state index >= 15 is 0 Å². The van der Waals surface area contributed by atoms with Crippen molar-refractivity contribution in [3.8, 4) is 11.5 Å². The molecule has 184 valence electrons. The Hall–Kier alpha value is -3.07. The zero-order valence-corrected chi connectivity index (χ0v) is 19.7. The van der Waals surface area contributed by atoms with E-state index in [4.69, 9.17) is 18.9 Å². The molecule has 0 aromatic heterocycles. The Morgan fingerprint density at radius 2 is 1.82 bits per heavy atom. The minimum Gasteiger partial charge on any atom is -0.495 e. The number of β-amino-alcohol motifs (C(OH)–C–C–N with tert-alkyl or cyclic N) is 1. The standard InChI is InChI=1S/C26H34N2O6/c1-3-16-32-17-18-33-23-10-8-21(9-11-23)26(30)34-20-22(29)19-27-12-14-28(15-13-27)24-6-4-5-7-25(24)31-2/h3-11,22,29H,1,12-20H2,2H3. The lowest BCUT2D eigenvalue weighted by molar-refractivity contribution is 0.0152. The molecule has 0 spiro atoms. The first-order valence-corrected chi connectivity index (χ1v) is 11.5. The van der Waals surface area contributed by atoms with Crippen molar-refractivity contribution in [2.24, 2.45) is 0 Å². The highest BCUT2D eigenvalue weighted by molar-refractivity contribution is 5.89. The van der Waals surface area contributed by atoms with Gasteiger partial charge in [-0.05, 0) is 36.4 Å². The maximum absolute atomic E-state index is 12.3. The minimum absolute atomic E-state index is 0.0511. The average molecular weight is 471 g/mol. The van der Waals surface area contributed by atoms with Gasteiger partial charge in [-0.15, -0.1) is 6.58 Å². The van der Waals surface area contributed by atoms with E-state index in [0.717, 1.165) is 37.6 Å². The maximum atomic E-state index is 12.3. The second kappa shape index (κ2) is 13.6. The summed E-state index contributed by atoms with van der Waals surface area (Å²) < 4.78 is 21.6. The molecule has 1 fully saturated rings. The van der Waals surface area contributed by atoms with Gasteiger partial charge in [0.25, 0.3) is 0 Å². The van der Waals surface area contributed by atoms with Crippen LogP contribution < -0.4 is 14.4 Å². The number of carbonyl (C=O) groups is 1. The summed E-state index contributed by atoms with van der Waals surface area (Å²) in [6.45, 7) is 8.63. The van der Waals surface area contributed by atoms with Crippen molar-refractivity contribution in [2.45, 2.75) is 6.10 Å². The Bertz CT molecular complexity index is 896. The van der Waals surface area contributed by atoms with Crippen LogP contribution in [0.2, 0.25) is 0 Å². The highest BCUT2D eigenvalue weighted by Gasteiger charge is 2.22. The molecule has 0 saturated carbocycles. The van der Waals surface area contributed by atoms with Gasteiger partial charge in [-0.25, -0.2) is 4.79 Å². The van der Waals surface area contributed by atoms with Crippen LogP contribution in [0.1, 0.15) is 10.4 Å². The number of rotatable bonds is 13. The van der Waals surface area contributed by atoms with Crippen LogP contribution in [0.3, 0.4) is 0 Å². The van der Waals surface area contributed by atoms with Gasteiger partial charge in [-0.3, -0.25) is 4.90 Å². The van der Waals surface area contributed by atoms with Gasteiger partial charge in [0.2, 0.25) is 0 Å². The highest BCUT2D eigenvalue weighted by atomic mass is 16.5. The van der Waals surface area contributed by atoms with E-state index in [9.17, 15) is 9.90 Å². The number of esters is 1. The van der Waals surface area contributed by atoms with Gasteiger partial charge in [0, 0.05) is 32.7 Å².